The van der Waals surface area contributed by atoms with Crippen molar-refractivity contribution in [3.05, 3.63) is 92.6 Å². The molecule has 6 rings (SSSR count). The molecule has 2 aliphatic heterocycles. The van der Waals surface area contributed by atoms with Crippen LogP contribution < -0.4 is 14.8 Å². The largest absolute Gasteiger partial charge is 0.494 e. The zero-order valence-corrected chi connectivity index (χ0v) is 30.5. The van der Waals surface area contributed by atoms with Gasteiger partial charge in [0.25, 0.3) is 0 Å². The summed E-state index contributed by atoms with van der Waals surface area (Å²) >= 11 is 12.8. The molecule has 1 aromatic heterocycles. The smallest absolute Gasteiger partial charge is 0.352 e. The van der Waals surface area contributed by atoms with Crippen LogP contribution in [0.5, 0.6) is 11.5 Å². The zero-order chi connectivity index (χ0) is 35.3. The van der Waals surface area contributed by atoms with E-state index in [-0.39, 0.29) is 11.6 Å². The molecule has 3 aromatic carbocycles. The lowest BCUT2D eigenvalue weighted by molar-refractivity contribution is -0.134. The Morgan fingerprint density at radius 3 is 2.52 bits per heavy atom. The monoisotopic (exact) mass is 719 g/mol. The number of carboxylic acid groups (broad SMARTS) is 1. The molecule has 1 spiro atoms. The number of carbonyl (C=O) groups is 2. The number of halogens is 2. The van der Waals surface area contributed by atoms with Crippen LogP contribution in [-0.2, 0) is 24.3 Å². The number of para-hydroxylation sites is 1. The first kappa shape index (κ1) is 36.1. The van der Waals surface area contributed by atoms with E-state index >= 15 is 0 Å². The number of ether oxygens (including phenoxy) is 2. The molecule has 0 bridgehead atoms. The van der Waals surface area contributed by atoms with Crippen molar-refractivity contribution in [3.63, 3.8) is 0 Å². The average Bonchev–Trinajstić information content (AvgIpc) is 3.40. The summed E-state index contributed by atoms with van der Waals surface area (Å²) in [5.41, 5.74) is 4.57. The Kier molecular flexibility index (Phi) is 11.6. The fourth-order valence-corrected chi connectivity index (χ4v) is 7.94. The van der Waals surface area contributed by atoms with Crippen molar-refractivity contribution in [1.29, 1.82) is 0 Å². The molecule has 50 heavy (non-hydrogen) atoms. The maximum absolute atomic E-state index is 13.7. The molecule has 0 unspecified atom stereocenters. The number of aryl methyl sites for hydroxylation is 4. The molecule has 266 valence electrons. The van der Waals surface area contributed by atoms with Crippen LogP contribution in [0.3, 0.4) is 0 Å². The summed E-state index contributed by atoms with van der Waals surface area (Å²) in [7, 11) is 0. The fraction of sp³-hybridized carbons (Fsp3) is 0.450. The Labute approximate surface area is 304 Å². The Morgan fingerprint density at radius 1 is 1.00 bits per heavy atom. The first-order valence-electron chi connectivity index (χ1n) is 17.8. The summed E-state index contributed by atoms with van der Waals surface area (Å²) in [6, 6.07) is 17.7. The molecular formula is C40H47Cl2N3O5. The summed E-state index contributed by atoms with van der Waals surface area (Å²) in [6.45, 7) is 7.85. The second kappa shape index (κ2) is 16.1. The molecule has 1 amide bonds. The predicted molar refractivity (Wildman–Crippen MR) is 199 cm³/mol. The van der Waals surface area contributed by atoms with Gasteiger partial charge in [-0.05, 0) is 119 Å². The van der Waals surface area contributed by atoms with Crippen LogP contribution in [0.4, 0.5) is 0 Å². The molecule has 0 atom stereocenters. The van der Waals surface area contributed by atoms with Gasteiger partial charge in [0.1, 0.15) is 17.2 Å². The highest BCUT2D eigenvalue weighted by Gasteiger charge is 2.41. The highest BCUT2D eigenvalue weighted by molar-refractivity contribution is 6.32. The summed E-state index contributed by atoms with van der Waals surface area (Å²) in [5.74, 6) is 0.863. The van der Waals surface area contributed by atoms with Crippen molar-refractivity contribution in [1.82, 2.24) is 14.8 Å². The van der Waals surface area contributed by atoms with E-state index in [1.165, 1.54) is 5.56 Å². The van der Waals surface area contributed by atoms with Crippen LogP contribution in [0.2, 0.25) is 10.0 Å². The standard InChI is InChI=1S/C40H47Cl2N3O5/c1-27-23-31(24-28(2)36(27)42)49-22-8-18-45-34-25-30(41)12-13-32(34)33(37(45)38(46)47)26-44-19-15-40(16-20-44)14-6-5-10-29-9-3-4-11-35(29)50-21-7-17-43-39(40)48/h3-4,9,11-13,23-25H,5-8,10,14-22,26H2,1-2H3,(H,43,48)(H,46,47). The number of nitrogens with one attached hydrogen (secondary N) is 1. The molecule has 4 aromatic rings. The van der Waals surface area contributed by atoms with Crippen LogP contribution in [0.15, 0.2) is 54.6 Å². The molecule has 0 radical (unpaired) electrons. The molecule has 1 fully saturated rings. The highest BCUT2D eigenvalue weighted by Crippen LogP contribution is 2.39. The van der Waals surface area contributed by atoms with Gasteiger partial charge in [-0.15, -0.1) is 0 Å². The van der Waals surface area contributed by atoms with Crippen molar-refractivity contribution in [2.75, 3.05) is 32.8 Å². The van der Waals surface area contributed by atoms with Crippen molar-refractivity contribution >= 4 is 46.0 Å². The van der Waals surface area contributed by atoms with Gasteiger partial charge in [0.15, 0.2) is 0 Å². The van der Waals surface area contributed by atoms with Crippen LogP contribution in [0.25, 0.3) is 10.9 Å². The third-order valence-electron chi connectivity index (χ3n) is 10.4. The van der Waals surface area contributed by atoms with E-state index < -0.39 is 11.4 Å². The van der Waals surface area contributed by atoms with Gasteiger partial charge in [0, 0.05) is 40.6 Å². The van der Waals surface area contributed by atoms with E-state index in [0.717, 1.165) is 89.1 Å². The van der Waals surface area contributed by atoms with Crippen LogP contribution in [0, 0.1) is 19.3 Å². The predicted octanol–water partition coefficient (Wildman–Crippen LogP) is 8.63. The summed E-state index contributed by atoms with van der Waals surface area (Å²) in [6.07, 6.45) is 6.55. The zero-order valence-electron chi connectivity index (χ0n) is 29.0. The van der Waals surface area contributed by atoms with E-state index in [4.69, 9.17) is 32.7 Å². The fourth-order valence-electron chi connectivity index (χ4n) is 7.66. The number of nitrogens with zero attached hydrogens (tertiary/aromatic N) is 2. The van der Waals surface area contributed by atoms with E-state index in [1.807, 2.05) is 60.9 Å². The van der Waals surface area contributed by atoms with Crippen molar-refractivity contribution in [2.24, 2.45) is 5.41 Å². The lowest BCUT2D eigenvalue weighted by atomic mass is 9.73. The number of piperidine rings is 1. The average molecular weight is 721 g/mol. The van der Waals surface area contributed by atoms with Crippen molar-refractivity contribution in [3.8, 4) is 11.5 Å². The number of carboxylic acids is 1. The van der Waals surface area contributed by atoms with Gasteiger partial charge in [0.2, 0.25) is 5.91 Å². The quantitative estimate of drug-likeness (QED) is 0.177. The third kappa shape index (κ3) is 8.09. The molecule has 10 heteroatoms. The molecule has 0 aliphatic carbocycles. The number of aromatic carboxylic acids is 1. The number of likely N-dealkylation sites (tertiary alicyclic amines) is 1. The second-order valence-corrected chi connectivity index (χ2v) is 14.7. The molecule has 8 nitrogen and oxygen atoms in total. The molecule has 0 saturated carbocycles. The summed E-state index contributed by atoms with van der Waals surface area (Å²) in [5, 5.41) is 16.0. The molecule has 1 saturated heterocycles. The second-order valence-electron chi connectivity index (χ2n) is 13.8. The topological polar surface area (TPSA) is 93.0 Å². The number of amides is 1. The summed E-state index contributed by atoms with van der Waals surface area (Å²) < 4.78 is 14.0. The normalized spacial score (nSPS) is 17.2. The van der Waals surface area contributed by atoms with Crippen molar-refractivity contribution in [2.45, 2.75) is 78.3 Å². The minimum atomic E-state index is -0.967. The number of carbonyl (C=O) groups excluding carboxylic acids is 1. The van der Waals surface area contributed by atoms with E-state index in [9.17, 15) is 14.7 Å². The minimum Gasteiger partial charge on any atom is -0.494 e. The minimum absolute atomic E-state index is 0.137. The first-order chi connectivity index (χ1) is 24.1. The Hall–Kier alpha value is -3.72. The number of aromatic nitrogens is 1. The number of hydrogen-bond donors (Lipinski definition) is 2. The van der Waals surface area contributed by atoms with E-state index in [0.29, 0.717) is 57.4 Å². The maximum atomic E-state index is 13.7. The number of benzene rings is 3. The van der Waals surface area contributed by atoms with Gasteiger partial charge in [-0.3, -0.25) is 9.69 Å². The van der Waals surface area contributed by atoms with Crippen LogP contribution >= 0.6 is 23.2 Å². The summed E-state index contributed by atoms with van der Waals surface area (Å²) in [4.78, 5) is 28.9. The van der Waals surface area contributed by atoms with Gasteiger partial charge in [-0.25, -0.2) is 4.79 Å². The lowest BCUT2D eigenvalue weighted by Gasteiger charge is -2.41. The molecular weight excluding hydrogens is 673 g/mol. The van der Waals surface area contributed by atoms with Gasteiger partial charge in [-0.2, -0.15) is 0 Å². The van der Waals surface area contributed by atoms with Gasteiger partial charge >= 0.3 is 5.97 Å². The van der Waals surface area contributed by atoms with E-state index in [2.05, 4.69) is 22.3 Å². The van der Waals surface area contributed by atoms with Crippen LogP contribution in [-0.4, -0.2) is 59.3 Å². The Morgan fingerprint density at radius 2 is 1.76 bits per heavy atom. The first-order valence-corrected chi connectivity index (χ1v) is 18.6. The van der Waals surface area contributed by atoms with Crippen LogP contribution in [0.1, 0.15) is 77.7 Å². The molecule has 3 heterocycles. The molecule has 2 N–H and O–H groups in total. The number of hydrogen-bond acceptors (Lipinski definition) is 5. The van der Waals surface area contributed by atoms with E-state index in [1.54, 1.807) is 0 Å². The van der Waals surface area contributed by atoms with Gasteiger partial charge in [0.05, 0.1) is 24.1 Å². The highest BCUT2D eigenvalue weighted by atomic mass is 35.5. The number of rotatable bonds is 8. The van der Waals surface area contributed by atoms with Crippen molar-refractivity contribution < 1.29 is 24.2 Å². The Bertz CT molecular complexity index is 1820. The lowest BCUT2D eigenvalue weighted by Crippen LogP contribution is -2.49. The SMILES string of the molecule is Cc1cc(OCCCn2c(C(=O)O)c(CN3CCC4(CCCCc5ccccc5OCCCNC4=O)CC3)c3ccc(Cl)cc32)cc(C)c1Cl. The maximum Gasteiger partial charge on any atom is 0.352 e. The third-order valence-corrected chi connectivity index (χ3v) is 11.2. The molecule has 2 aliphatic rings. The van der Waals surface area contributed by atoms with Gasteiger partial charge in [-0.1, -0.05) is 53.9 Å². The number of fused-ring (bicyclic) bond motifs is 2. The van der Waals surface area contributed by atoms with Gasteiger partial charge < -0.3 is 24.5 Å². The Balaban J connectivity index is 1.15.